The highest BCUT2D eigenvalue weighted by molar-refractivity contribution is 6.01. The first-order chi connectivity index (χ1) is 16.2. The molecular formula is C31H43F2N. The van der Waals surface area contributed by atoms with Crippen molar-refractivity contribution in [3.63, 3.8) is 0 Å². The fourth-order valence-corrected chi connectivity index (χ4v) is 5.44. The molecule has 2 aromatic rings. The molecule has 0 N–H and O–H groups in total. The summed E-state index contributed by atoms with van der Waals surface area (Å²) < 4.78 is 30.6. The average Bonchev–Trinajstić information content (AvgIpc) is 2.85. The van der Waals surface area contributed by atoms with E-state index in [4.69, 9.17) is 4.98 Å². The summed E-state index contributed by atoms with van der Waals surface area (Å²) in [5.41, 5.74) is 3.30. The number of aromatic nitrogens is 1. The largest absolute Gasteiger partial charge is 0.256 e. The second-order valence-corrected chi connectivity index (χ2v) is 9.56. The summed E-state index contributed by atoms with van der Waals surface area (Å²) in [6, 6.07) is 3.64. The lowest BCUT2D eigenvalue weighted by Gasteiger charge is -2.45. The maximum Gasteiger partial charge on any atom is 0.134 e. The van der Waals surface area contributed by atoms with Crippen molar-refractivity contribution in [2.24, 2.45) is 11.3 Å². The van der Waals surface area contributed by atoms with Gasteiger partial charge in [-0.3, -0.25) is 4.98 Å². The van der Waals surface area contributed by atoms with Crippen molar-refractivity contribution in [3.05, 3.63) is 70.6 Å². The van der Waals surface area contributed by atoms with Crippen molar-refractivity contribution in [2.75, 3.05) is 0 Å². The van der Waals surface area contributed by atoms with E-state index < -0.39 is 5.41 Å². The van der Waals surface area contributed by atoms with Gasteiger partial charge >= 0.3 is 0 Å². The Labute approximate surface area is 206 Å². The second kappa shape index (κ2) is 11.0. The molecule has 1 heterocycles. The third-order valence-corrected chi connectivity index (χ3v) is 7.40. The van der Waals surface area contributed by atoms with E-state index in [9.17, 15) is 0 Å². The molecule has 0 spiro atoms. The number of aryl methyl sites for hydroxylation is 1. The summed E-state index contributed by atoms with van der Waals surface area (Å²) in [5.74, 6) is -0.268. The summed E-state index contributed by atoms with van der Waals surface area (Å²) in [7, 11) is 0. The molecule has 0 fully saturated rings. The summed E-state index contributed by atoms with van der Waals surface area (Å²) in [6.07, 6.45) is 10.4. The number of hydrogen-bond acceptors (Lipinski definition) is 1. The number of fused-ring (bicyclic) bond motifs is 1. The number of nitrogens with zero attached hydrogens (tertiary/aromatic N) is 1. The predicted octanol–water partition coefficient (Wildman–Crippen LogP) is 10.0. The van der Waals surface area contributed by atoms with Gasteiger partial charge in [0, 0.05) is 28.0 Å². The molecule has 3 heteroatoms. The molecule has 1 nitrogen and oxygen atoms in total. The molecule has 1 aromatic carbocycles. The van der Waals surface area contributed by atoms with Crippen LogP contribution in [0.2, 0.25) is 0 Å². The first-order valence-corrected chi connectivity index (χ1v) is 13.0. The minimum atomic E-state index is -0.565. The van der Waals surface area contributed by atoms with Crippen LogP contribution in [0.5, 0.6) is 0 Å². The van der Waals surface area contributed by atoms with Crippen LogP contribution in [0, 0.1) is 24.1 Å². The molecule has 0 aliphatic heterocycles. The molecule has 186 valence electrons. The van der Waals surface area contributed by atoms with Gasteiger partial charge in [-0.2, -0.15) is 0 Å². The Hall–Kier alpha value is -2.29. The molecule has 1 aromatic heterocycles. The lowest BCUT2D eigenvalue weighted by molar-refractivity contribution is 0.298. The van der Waals surface area contributed by atoms with Crippen LogP contribution in [0.15, 0.2) is 48.0 Å². The van der Waals surface area contributed by atoms with Gasteiger partial charge in [-0.25, -0.2) is 8.78 Å². The van der Waals surface area contributed by atoms with Gasteiger partial charge in [-0.05, 0) is 66.4 Å². The van der Waals surface area contributed by atoms with Crippen molar-refractivity contribution in [3.8, 4) is 0 Å². The van der Waals surface area contributed by atoms with E-state index in [1.54, 1.807) is 25.3 Å². The van der Waals surface area contributed by atoms with E-state index in [-0.39, 0.29) is 23.0 Å². The molecule has 2 aliphatic rings. The Morgan fingerprint density at radius 3 is 2.38 bits per heavy atom. The van der Waals surface area contributed by atoms with Crippen LogP contribution in [-0.2, 0) is 5.41 Å². The topological polar surface area (TPSA) is 12.9 Å². The van der Waals surface area contributed by atoms with Crippen molar-refractivity contribution >= 4 is 16.3 Å². The molecule has 2 atom stereocenters. The molecule has 2 unspecified atom stereocenters. The molecule has 34 heavy (non-hydrogen) atoms. The summed E-state index contributed by atoms with van der Waals surface area (Å²) in [4.78, 5) is 4.73. The number of benzene rings is 1. The maximum atomic E-state index is 15.5. The Morgan fingerprint density at radius 1 is 1.15 bits per heavy atom. The van der Waals surface area contributed by atoms with E-state index in [1.807, 2.05) is 33.8 Å². The molecular weight excluding hydrogens is 424 g/mol. The van der Waals surface area contributed by atoms with Crippen LogP contribution in [0.4, 0.5) is 8.78 Å². The summed E-state index contributed by atoms with van der Waals surface area (Å²) >= 11 is 0. The molecule has 0 bridgehead atoms. The number of halogens is 2. The van der Waals surface area contributed by atoms with Crippen molar-refractivity contribution < 1.29 is 8.78 Å². The fraction of sp³-hybridized carbons (Fsp3) is 0.516. The average molecular weight is 468 g/mol. The van der Waals surface area contributed by atoms with Gasteiger partial charge in [0.05, 0.1) is 5.69 Å². The first kappa shape index (κ1) is 28.0. The molecule has 4 rings (SSSR count). The molecule has 0 radical (unpaired) electrons. The van der Waals surface area contributed by atoms with Crippen molar-refractivity contribution in [2.45, 2.75) is 93.9 Å². The highest BCUT2D eigenvalue weighted by Crippen LogP contribution is 2.57. The highest BCUT2D eigenvalue weighted by Gasteiger charge is 2.46. The van der Waals surface area contributed by atoms with Gasteiger partial charge in [0.1, 0.15) is 11.6 Å². The van der Waals surface area contributed by atoms with Gasteiger partial charge in [0.25, 0.3) is 0 Å². The minimum absolute atomic E-state index is 0.0923. The fourth-order valence-electron chi connectivity index (χ4n) is 5.44. The van der Waals surface area contributed by atoms with E-state index >= 15 is 8.78 Å². The van der Waals surface area contributed by atoms with Crippen LogP contribution < -0.4 is 0 Å². The Morgan fingerprint density at radius 2 is 1.79 bits per heavy atom. The third-order valence-electron chi connectivity index (χ3n) is 7.40. The van der Waals surface area contributed by atoms with Gasteiger partial charge in [0.2, 0.25) is 0 Å². The van der Waals surface area contributed by atoms with Gasteiger partial charge in [0.15, 0.2) is 0 Å². The minimum Gasteiger partial charge on any atom is -0.256 e. The number of hydrogen-bond donors (Lipinski definition) is 0. The van der Waals surface area contributed by atoms with Crippen molar-refractivity contribution in [1.82, 2.24) is 4.98 Å². The third kappa shape index (κ3) is 4.39. The SMILES string of the molecule is CC.CC.CCC=CC(C)(CC)C1CC=C(F)C2=C1c1nccc3c(F)c(C)cc(c13)C2(C)C. The number of allylic oxidation sites excluding steroid dienone is 6. The quantitative estimate of drug-likeness (QED) is 0.408. The van der Waals surface area contributed by atoms with E-state index in [0.717, 1.165) is 40.6 Å². The molecule has 0 saturated heterocycles. The Balaban J connectivity index is 0.000000970. The maximum absolute atomic E-state index is 15.5. The normalized spacial score (nSPS) is 20.0. The summed E-state index contributed by atoms with van der Waals surface area (Å²) in [5, 5.41) is 1.44. The summed E-state index contributed by atoms with van der Waals surface area (Å²) in [6.45, 7) is 20.5. The number of rotatable bonds is 4. The van der Waals surface area contributed by atoms with E-state index in [2.05, 4.69) is 46.8 Å². The van der Waals surface area contributed by atoms with E-state index in [1.165, 1.54) is 0 Å². The first-order valence-electron chi connectivity index (χ1n) is 13.0. The van der Waals surface area contributed by atoms with Crippen LogP contribution in [0.3, 0.4) is 0 Å². The zero-order valence-electron chi connectivity index (χ0n) is 22.9. The van der Waals surface area contributed by atoms with Crippen molar-refractivity contribution in [1.29, 1.82) is 0 Å². The Kier molecular flexibility index (Phi) is 9.02. The predicted molar refractivity (Wildman–Crippen MR) is 144 cm³/mol. The molecule has 2 aliphatic carbocycles. The van der Waals surface area contributed by atoms with E-state index in [0.29, 0.717) is 17.4 Å². The second-order valence-electron chi connectivity index (χ2n) is 9.56. The molecule has 0 amide bonds. The lowest BCUT2D eigenvalue weighted by atomic mass is 9.59. The lowest BCUT2D eigenvalue weighted by Crippen LogP contribution is -2.35. The van der Waals surface area contributed by atoms with Crippen LogP contribution in [0.25, 0.3) is 16.3 Å². The van der Waals surface area contributed by atoms with Crippen LogP contribution in [0.1, 0.15) is 98.4 Å². The van der Waals surface area contributed by atoms with Crippen LogP contribution in [-0.4, -0.2) is 4.98 Å². The highest BCUT2D eigenvalue weighted by atomic mass is 19.1. The zero-order chi connectivity index (χ0) is 25.8. The Bertz CT molecular complexity index is 1120. The molecule has 0 saturated carbocycles. The van der Waals surface area contributed by atoms with Crippen LogP contribution >= 0.6 is 0 Å². The van der Waals surface area contributed by atoms with Gasteiger partial charge in [-0.15, -0.1) is 0 Å². The zero-order valence-corrected chi connectivity index (χ0v) is 22.9. The van der Waals surface area contributed by atoms with Gasteiger partial charge in [-0.1, -0.05) is 80.5 Å². The van der Waals surface area contributed by atoms with Gasteiger partial charge < -0.3 is 0 Å². The smallest absolute Gasteiger partial charge is 0.134 e. The number of pyridine rings is 1. The monoisotopic (exact) mass is 467 g/mol. The standard InChI is InChI=1S/C27H31F2N.2C2H6/c1-7-9-13-27(6,8-2)18-10-11-20(28)23-22(18)25-21-17(12-14-30-25)24(29)16(3)15-19(21)26(23,4)5;2*1-2/h9,11-15,18H,7-8,10H2,1-6H3;2*1-2H3.